The van der Waals surface area contributed by atoms with E-state index in [0.717, 1.165) is 18.2 Å². The molecule has 0 N–H and O–H groups in total. The summed E-state index contributed by atoms with van der Waals surface area (Å²) in [6.45, 7) is 3.05. The van der Waals surface area contributed by atoms with Crippen LogP contribution in [0.1, 0.15) is 11.1 Å². The predicted octanol–water partition coefficient (Wildman–Crippen LogP) is 3.24. The van der Waals surface area contributed by atoms with E-state index in [1.165, 1.54) is 6.07 Å². The monoisotopic (exact) mass is 270 g/mol. The van der Waals surface area contributed by atoms with Crippen LogP contribution in [0.25, 0.3) is 4.91 Å². The van der Waals surface area contributed by atoms with E-state index in [0.29, 0.717) is 0 Å². The third-order valence-electron chi connectivity index (χ3n) is 1.83. The second kappa shape index (κ2) is 4.10. The third-order valence-corrected chi connectivity index (χ3v) is 3.19. The van der Waals surface area contributed by atoms with Crippen LogP contribution in [0.2, 0.25) is 0 Å². The number of halogens is 4. The summed E-state index contributed by atoms with van der Waals surface area (Å²) >= 11 is 0. The van der Waals surface area contributed by atoms with Gasteiger partial charge >= 0.3 is 6.18 Å². The summed E-state index contributed by atoms with van der Waals surface area (Å²) in [4.78, 5) is -0.762. The van der Waals surface area contributed by atoms with E-state index in [4.69, 9.17) is 10.7 Å². The minimum atomic E-state index is -4.65. The molecule has 0 aliphatic rings. The van der Waals surface area contributed by atoms with Gasteiger partial charge in [0.1, 0.15) is 0 Å². The van der Waals surface area contributed by atoms with E-state index >= 15 is 0 Å². The maximum atomic E-state index is 12.5. The van der Waals surface area contributed by atoms with Gasteiger partial charge < -0.3 is 0 Å². The van der Waals surface area contributed by atoms with Crippen LogP contribution in [-0.4, -0.2) is 8.42 Å². The normalized spacial score (nSPS) is 12.5. The largest absolute Gasteiger partial charge is 0.417 e. The van der Waals surface area contributed by atoms with Gasteiger partial charge in [-0.1, -0.05) is 24.8 Å². The first-order chi connectivity index (χ1) is 7.14. The van der Waals surface area contributed by atoms with E-state index in [-0.39, 0.29) is 0 Å². The number of rotatable bonds is 2. The molecular formula is C9H6ClF3O2S. The Labute approximate surface area is 94.8 Å². The van der Waals surface area contributed by atoms with Crippen molar-refractivity contribution < 1.29 is 21.6 Å². The molecule has 1 aromatic carbocycles. The predicted molar refractivity (Wildman–Crippen MR) is 55.3 cm³/mol. The van der Waals surface area contributed by atoms with E-state index in [1.807, 2.05) is 0 Å². The van der Waals surface area contributed by atoms with Crippen LogP contribution in [0.5, 0.6) is 0 Å². The first-order valence-electron chi connectivity index (χ1n) is 3.94. The molecule has 0 fully saturated rings. The Balaban J connectivity index is 3.42. The molecule has 0 aromatic heterocycles. The summed E-state index contributed by atoms with van der Waals surface area (Å²) in [5.41, 5.74) is -1.62. The Bertz CT molecular complexity index is 520. The Morgan fingerprint density at radius 1 is 1.25 bits per heavy atom. The molecule has 0 heterocycles. The molecule has 7 heteroatoms. The number of benzene rings is 1. The van der Waals surface area contributed by atoms with Crippen LogP contribution in [0.4, 0.5) is 13.2 Å². The van der Waals surface area contributed by atoms with Gasteiger partial charge in [0.2, 0.25) is 0 Å². The number of hydrogen-bond donors (Lipinski definition) is 0. The molecule has 2 nitrogen and oxygen atoms in total. The van der Waals surface area contributed by atoms with Crippen molar-refractivity contribution in [1.82, 2.24) is 0 Å². The van der Waals surface area contributed by atoms with Crippen LogP contribution in [0.15, 0.2) is 30.8 Å². The minimum Gasteiger partial charge on any atom is -0.207 e. The highest BCUT2D eigenvalue weighted by atomic mass is 35.7. The van der Waals surface area contributed by atoms with Gasteiger partial charge in [-0.25, -0.2) is 8.42 Å². The quantitative estimate of drug-likeness (QED) is 0.773. The smallest absolute Gasteiger partial charge is 0.207 e. The molecule has 0 spiro atoms. The zero-order valence-electron chi connectivity index (χ0n) is 7.75. The SMILES string of the molecule is C=C(c1ccccc1C(F)(F)F)S(=O)(=O)Cl. The van der Waals surface area contributed by atoms with E-state index in [9.17, 15) is 21.6 Å². The first kappa shape index (κ1) is 13.1. The molecule has 0 amide bonds. The fraction of sp³-hybridized carbons (Fsp3) is 0.111. The van der Waals surface area contributed by atoms with Crippen molar-refractivity contribution in [3.63, 3.8) is 0 Å². The van der Waals surface area contributed by atoms with E-state index in [2.05, 4.69) is 6.58 Å². The van der Waals surface area contributed by atoms with Gasteiger partial charge in [-0.2, -0.15) is 13.2 Å². The molecule has 0 bridgehead atoms. The Kier molecular flexibility index (Phi) is 3.35. The van der Waals surface area contributed by atoms with E-state index < -0.39 is 31.3 Å². The van der Waals surface area contributed by atoms with Crippen LogP contribution >= 0.6 is 10.7 Å². The summed E-state index contributed by atoms with van der Waals surface area (Å²) in [6, 6.07) is 4.20. The Morgan fingerprint density at radius 2 is 1.75 bits per heavy atom. The van der Waals surface area contributed by atoms with Crippen molar-refractivity contribution in [3.05, 3.63) is 42.0 Å². The third kappa shape index (κ3) is 2.76. The topological polar surface area (TPSA) is 34.1 Å². The number of hydrogen-bond acceptors (Lipinski definition) is 2. The minimum absolute atomic E-state index is 0.537. The molecule has 1 rings (SSSR count). The summed E-state index contributed by atoms with van der Waals surface area (Å²) in [5, 5.41) is 0. The zero-order chi connectivity index (χ0) is 12.6. The van der Waals surface area contributed by atoms with Gasteiger partial charge in [-0.05, 0) is 6.07 Å². The van der Waals surface area contributed by atoms with Crippen molar-refractivity contribution >= 4 is 24.6 Å². The van der Waals surface area contributed by atoms with Gasteiger partial charge in [-0.15, -0.1) is 0 Å². The highest BCUT2D eigenvalue weighted by Gasteiger charge is 2.35. The molecule has 1 aromatic rings. The molecule has 0 unspecified atom stereocenters. The van der Waals surface area contributed by atoms with Crippen LogP contribution in [0.3, 0.4) is 0 Å². The Hall–Kier alpha value is -1.01. The van der Waals surface area contributed by atoms with Crippen molar-refractivity contribution in [1.29, 1.82) is 0 Å². The second-order valence-corrected chi connectivity index (χ2v) is 5.49. The van der Waals surface area contributed by atoms with Crippen molar-refractivity contribution in [2.45, 2.75) is 6.18 Å². The van der Waals surface area contributed by atoms with Gasteiger partial charge in [0.15, 0.2) is 0 Å². The zero-order valence-corrected chi connectivity index (χ0v) is 9.33. The molecular weight excluding hydrogens is 265 g/mol. The highest BCUT2D eigenvalue weighted by molar-refractivity contribution is 8.21. The molecule has 0 aliphatic carbocycles. The molecule has 0 atom stereocenters. The molecule has 0 aliphatic heterocycles. The first-order valence-corrected chi connectivity index (χ1v) is 6.25. The maximum absolute atomic E-state index is 12.5. The summed E-state index contributed by atoms with van der Waals surface area (Å²) < 4.78 is 59.4. The highest BCUT2D eigenvalue weighted by Crippen LogP contribution is 2.36. The van der Waals surface area contributed by atoms with Crippen LogP contribution in [-0.2, 0) is 15.2 Å². The fourth-order valence-corrected chi connectivity index (χ4v) is 1.79. The van der Waals surface area contributed by atoms with Gasteiger partial charge in [0, 0.05) is 16.2 Å². The summed E-state index contributed by atoms with van der Waals surface area (Å²) in [7, 11) is 0.685. The standard InChI is InChI=1S/C9H6ClF3O2S/c1-6(16(10,14)15)7-4-2-3-5-8(7)9(11,12)13/h2-5H,1H2. The second-order valence-electron chi connectivity index (χ2n) is 2.90. The van der Waals surface area contributed by atoms with Gasteiger partial charge in [0.25, 0.3) is 9.05 Å². The van der Waals surface area contributed by atoms with Crippen LogP contribution in [0, 0.1) is 0 Å². The van der Waals surface area contributed by atoms with Gasteiger partial charge in [0.05, 0.1) is 10.5 Å². The lowest BCUT2D eigenvalue weighted by molar-refractivity contribution is -0.137. The summed E-state index contributed by atoms with van der Waals surface area (Å²) in [5.74, 6) is 0. The lowest BCUT2D eigenvalue weighted by Crippen LogP contribution is -2.09. The molecule has 16 heavy (non-hydrogen) atoms. The van der Waals surface area contributed by atoms with E-state index in [1.54, 1.807) is 0 Å². The summed E-state index contributed by atoms with van der Waals surface area (Å²) in [6.07, 6.45) is -4.65. The van der Waals surface area contributed by atoms with Crippen molar-refractivity contribution in [3.8, 4) is 0 Å². The molecule has 0 saturated carbocycles. The molecule has 0 saturated heterocycles. The van der Waals surface area contributed by atoms with Gasteiger partial charge in [-0.3, -0.25) is 0 Å². The van der Waals surface area contributed by atoms with Crippen molar-refractivity contribution in [2.24, 2.45) is 0 Å². The maximum Gasteiger partial charge on any atom is 0.417 e. The average Bonchev–Trinajstić information content (AvgIpc) is 2.14. The molecule has 0 radical (unpaired) electrons. The lowest BCUT2D eigenvalue weighted by atomic mass is 10.1. The average molecular weight is 271 g/mol. The number of alkyl halides is 3. The Morgan fingerprint density at radius 3 is 2.19 bits per heavy atom. The van der Waals surface area contributed by atoms with Crippen LogP contribution < -0.4 is 0 Å². The lowest BCUT2D eigenvalue weighted by Gasteiger charge is -2.12. The van der Waals surface area contributed by atoms with Crippen molar-refractivity contribution in [2.75, 3.05) is 0 Å². The fourth-order valence-electron chi connectivity index (χ4n) is 1.10. The molecule has 88 valence electrons.